The van der Waals surface area contributed by atoms with Gasteiger partial charge in [-0.3, -0.25) is 4.79 Å². The fraction of sp³-hybridized carbons (Fsp3) is 0.286. The highest BCUT2D eigenvalue weighted by Gasteiger charge is 2.15. The molecule has 1 atom stereocenters. The van der Waals surface area contributed by atoms with Crippen LogP contribution in [0.15, 0.2) is 64.2 Å². The molecule has 0 aliphatic carbocycles. The molecule has 146 valence electrons. The highest BCUT2D eigenvalue weighted by atomic mass is 32.2. The first-order valence-corrected chi connectivity index (χ1v) is 10.1. The van der Waals surface area contributed by atoms with E-state index in [1.807, 2.05) is 54.6 Å². The number of carbonyl (C=O) groups excluding carboxylic acids is 1. The molecule has 0 aliphatic heterocycles. The molecule has 28 heavy (non-hydrogen) atoms. The summed E-state index contributed by atoms with van der Waals surface area (Å²) in [7, 11) is 1.62. The lowest BCUT2D eigenvalue weighted by Crippen LogP contribution is -2.29. The summed E-state index contributed by atoms with van der Waals surface area (Å²) in [6.07, 6.45) is 1.88. The zero-order chi connectivity index (χ0) is 19.8. The van der Waals surface area contributed by atoms with Crippen molar-refractivity contribution in [3.8, 4) is 17.2 Å². The van der Waals surface area contributed by atoms with Gasteiger partial charge in [0.1, 0.15) is 5.75 Å². The van der Waals surface area contributed by atoms with Crippen molar-refractivity contribution in [1.29, 1.82) is 0 Å². The van der Waals surface area contributed by atoms with Crippen LogP contribution >= 0.6 is 11.8 Å². The molecule has 0 saturated carbocycles. The van der Waals surface area contributed by atoms with Gasteiger partial charge in [0.05, 0.1) is 18.9 Å². The molecule has 0 aliphatic rings. The first kappa shape index (κ1) is 19.9. The number of aromatic nitrogens is 2. The van der Waals surface area contributed by atoms with Gasteiger partial charge in [-0.05, 0) is 36.2 Å². The predicted molar refractivity (Wildman–Crippen MR) is 109 cm³/mol. The van der Waals surface area contributed by atoms with Crippen molar-refractivity contribution in [1.82, 2.24) is 15.5 Å². The molecule has 0 spiro atoms. The van der Waals surface area contributed by atoms with Gasteiger partial charge in [-0.25, -0.2) is 0 Å². The van der Waals surface area contributed by atoms with E-state index in [0.29, 0.717) is 11.1 Å². The molecule has 1 N–H and O–H groups in total. The molecule has 0 bridgehead atoms. The van der Waals surface area contributed by atoms with Crippen LogP contribution in [0.4, 0.5) is 0 Å². The molecule has 0 unspecified atom stereocenters. The Morgan fingerprint density at radius 1 is 1.14 bits per heavy atom. The van der Waals surface area contributed by atoms with Crippen LogP contribution in [0, 0.1) is 0 Å². The highest BCUT2D eigenvalue weighted by molar-refractivity contribution is 7.99. The third-order valence-corrected chi connectivity index (χ3v) is 5.00. The van der Waals surface area contributed by atoms with Crippen LogP contribution in [-0.4, -0.2) is 29.0 Å². The zero-order valence-electron chi connectivity index (χ0n) is 15.9. The third kappa shape index (κ3) is 5.36. The Kier molecular flexibility index (Phi) is 7.08. The minimum absolute atomic E-state index is 0.0110. The Labute approximate surface area is 168 Å². The van der Waals surface area contributed by atoms with E-state index in [1.165, 1.54) is 11.8 Å². The number of hydrogen-bond acceptors (Lipinski definition) is 6. The van der Waals surface area contributed by atoms with Crippen molar-refractivity contribution in [2.24, 2.45) is 0 Å². The summed E-state index contributed by atoms with van der Waals surface area (Å²) in [5.74, 6) is 1.34. The Hall–Kier alpha value is -2.80. The SMILES string of the molecule is CCC[C@@H](NC(=O)CSc1nnc(-c2ccc(OC)cc2)o1)c1ccccc1. The summed E-state index contributed by atoms with van der Waals surface area (Å²) < 4.78 is 10.8. The molecule has 0 radical (unpaired) electrons. The number of benzene rings is 2. The average Bonchev–Trinajstić information content (AvgIpc) is 3.22. The minimum atomic E-state index is -0.0588. The summed E-state index contributed by atoms with van der Waals surface area (Å²) in [5, 5.41) is 11.5. The topological polar surface area (TPSA) is 77.2 Å². The van der Waals surface area contributed by atoms with E-state index in [1.54, 1.807) is 7.11 Å². The van der Waals surface area contributed by atoms with E-state index < -0.39 is 0 Å². The van der Waals surface area contributed by atoms with Gasteiger partial charge >= 0.3 is 0 Å². The molecule has 1 aromatic heterocycles. The predicted octanol–water partition coefficient (Wildman–Crippen LogP) is 4.49. The van der Waals surface area contributed by atoms with Gasteiger partial charge in [-0.1, -0.05) is 55.4 Å². The van der Waals surface area contributed by atoms with Gasteiger partial charge in [-0.15, -0.1) is 10.2 Å². The number of methoxy groups -OCH3 is 1. The van der Waals surface area contributed by atoms with Crippen LogP contribution < -0.4 is 10.1 Å². The summed E-state index contributed by atoms with van der Waals surface area (Å²) in [6.45, 7) is 2.11. The molecule has 3 aromatic rings. The zero-order valence-corrected chi connectivity index (χ0v) is 16.7. The molecule has 3 rings (SSSR count). The maximum absolute atomic E-state index is 12.4. The maximum atomic E-state index is 12.4. The Morgan fingerprint density at radius 3 is 2.57 bits per heavy atom. The van der Waals surface area contributed by atoms with E-state index in [2.05, 4.69) is 22.4 Å². The van der Waals surface area contributed by atoms with Gasteiger partial charge in [0, 0.05) is 5.56 Å². The summed E-state index contributed by atoms with van der Waals surface area (Å²) in [6, 6.07) is 17.4. The lowest BCUT2D eigenvalue weighted by Gasteiger charge is -2.18. The van der Waals surface area contributed by atoms with E-state index >= 15 is 0 Å². The monoisotopic (exact) mass is 397 g/mol. The smallest absolute Gasteiger partial charge is 0.277 e. The molecule has 0 fully saturated rings. The number of carbonyl (C=O) groups is 1. The lowest BCUT2D eigenvalue weighted by atomic mass is 10.0. The van der Waals surface area contributed by atoms with E-state index in [4.69, 9.17) is 9.15 Å². The van der Waals surface area contributed by atoms with E-state index in [0.717, 1.165) is 29.7 Å². The van der Waals surface area contributed by atoms with Crippen LogP contribution in [-0.2, 0) is 4.79 Å². The Bertz CT molecular complexity index is 881. The number of hydrogen-bond donors (Lipinski definition) is 1. The van der Waals surface area contributed by atoms with Gasteiger partial charge in [-0.2, -0.15) is 0 Å². The standard InChI is InChI=1S/C21H23N3O3S/c1-3-7-18(15-8-5-4-6-9-15)22-19(25)14-28-21-24-23-20(27-21)16-10-12-17(26-2)13-11-16/h4-6,8-13,18H,3,7,14H2,1-2H3,(H,22,25)/t18-/m1/s1. The Morgan fingerprint density at radius 2 is 1.89 bits per heavy atom. The van der Waals surface area contributed by atoms with Crippen molar-refractivity contribution in [3.05, 3.63) is 60.2 Å². The van der Waals surface area contributed by atoms with Gasteiger partial charge < -0.3 is 14.5 Å². The molecule has 0 saturated heterocycles. The van der Waals surface area contributed by atoms with Crippen LogP contribution in [0.2, 0.25) is 0 Å². The molecule has 6 nitrogen and oxygen atoms in total. The van der Waals surface area contributed by atoms with Gasteiger partial charge in [0.15, 0.2) is 0 Å². The molecular formula is C21H23N3O3S. The number of thioether (sulfide) groups is 1. The summed E-state index contributed by atoms with van der Waals surface area (Å²) in [4.78, 5) is 12.4. The summed E-state index contributed by atoms with van der Waals surface area (Å²) >= 11 is 1.23. The number of amides is 1. The molecule has 1 heterocycles. The summed E-state index contributed by atoms with van der Waals surface area (Å²) in [5.41, 5.74) is 1.92. The maximum Gasteiger partial charge on any atom is 0.277 e. The van der Waals surface area contributed by atoms with Gasteiger partial charge in [0.25, 0.3) is 5.22 Å². The fourth-order valence-electron chi connectivity index (χ4n) is 2.78. The number of ether oxygens (including phenoxy) is 1. The van der Waals surface area contributed by atoms with Crippen molar-refractivity contribution in [3.63, 3.8) is 0 Å². The van der Waals surface area contributed by atoms with E-state index in [-0.39, 0.29) is 17.7 Å². The van der Waals surface area contributed by atoms with Crippen LogP contribution in [0.3, 0.4) is 0 Å². The van der Waals surface area contributed by atoms with Crippen LogP contribution in [0.25, 0.3) is 11.5 Å². The molecular weight excluding hydrogens is 374 g/mol. The van der Waals surface area contributed by atoms with Crippen molar-refractivity contribution in [2.75, 3.05) is 12.9 Å². The number of rotatable bonds is 9. The molecule has 1 amide bonds. The van der Waals surface area contributed by atoms with Gasteiger partial charge in [0.2, 0.25) is 11.8 Å². The Balaban J connectivity index is 1.56. The van der Waals surface area contributed by atoms with Crippen LogP contribution in [0.5, 0.6) is 5.75 Å². The minimum Gasteiger partial charge on any atom is -0.497 e. The third-order valence-electron chi connectivity index (χ3n) is 4.18. The van der Waals surface area contributed by atoms with Crippen molar-refractivity contribution >= 4 is 17.7 Å². The first-order chi connectivity index (χ1) is 13.7. The van der Waals surface area contributed by atoms with E-state index in [9.17, 15) is 4.79 Å². The first-order valence-electron chi connectivity index (χ1n) is 9.14. The highest BCUT2D eigenvalue weighted by Crippen LogP contribution is 2.25. The van der Waals surface area contributed by atoms with Crippen molar-refractivity contribution < 1.29 is 13.9 Å². The quantitative estimate of drug-likeness (QED) is 0.536. The number of nitrogens with zero attached hydrogens (tertiary/aromatic N) is 2. The van der Waals surface area contributed by atoms with Crippen molar-refractivity contribution in [2.45, 2.75) is 31.0 Å². The molecule has 7 heteroatoms. The lowest BCUT2D eigenvalue weighted by molar-refractivity contribution is -0.119. The fourth-order valence-corrected chi connectivity index (χ4v) is 3.35. The van der Waals surface area contributed by atoms with Crippen LogP contribution in [0.1, 0.15) is 31.4 Å². The largest absolute Gasteiger partial charge is 0.497 e. The second-order valence-electron chi connectivity index (χ2n) is 6.21. The second kappa shape index (κ2) is 9.94. The second-order valence-corrected chi connectivity index (χ2v) is 7.14. The normalized spacial score (nSPS) is 11.8. The average molecular weight is 398 g/mol. The molecule has 2 aromatic carbocycles. The number of nitrogens with one attached hydrogen (secondary N) is 1.